The Morgan fingerprint density at radius 1 is 1.37 bits per heavy atom. The topological polar surface area (TPSA) is 78.8 Å². The molecule has 1 aromatic heterocycles. The van der Waals surface area contributed by atoms with Crippen molar-refractivity contribution in [1.29, 1.82) is 0 Å². The van der Waals surface area contributed by atoms with Crippen LogP contribution in [0.25, 0.3) is 11.4 Å². The summed E-state index contributed by atoms with van der Waals surface area (Å²) in [6.07, 6.45) is -4.42. The van der Waals surface area contributed by atoms with Crippen LogP contribution in [0.2, 0.25) is 0 Å². The highest BCUT2D eigenvalue weighted by Gasteiger charge is 2.30. The summed E-state index contributed by atoms with van der Waals surface area (Å²) in [5, 5.41) is 10.1. The predicted octanol–water partition coefficient (Wildman–Crippen LogP) is 1.49. The van der Waals surface area contributed by atoms with Crippen molar-refractivity contribution in [3.05, 3.63) is 18.2 Å². The van der Waals surface area contributed by atoms with Crippen LogP contribution in [0.15, 0.2) is 18.2 Å². The van der Waals surface area contributed by atoms with E-state index in [-0.39, 0.29) is 17.1 Å². The lowest BCUT2D eigenvalue weighted by Crippen LogP contribution is -2.19. The first-order valence-corrected chi connectivity index (χ1v) is 5.17. The van der Waals surface area contributed by atoms with Crippen LogP contribution in [0.5, 0.6) is 5.75 Å². The second-order valence-electron chi connectivity index (χ2n) is 3.73. The third-order valence-corrected chi connectivity index (χ3v) is 2.36. The minimum absolute atomic E-state index is 0.0614. The van der Waals surface area contributed by atoms with Gasteiger partial charge in [0.25, 0.3) is 0 Å². The van der Waals surface area contributed by atoms with Gasteiger partial charge in [0.05, 0.1) is 7.11 Å². The van der Waals surface area contributed by atoms with Crippen LogP contribution >= 0.6 is 0 Å². The first-order chi connectivity index (χ1) is 8.90. The number of ether oxygens (including phenoxy) is 1. The number of tetrazole rings is 1. The lowest BCUT2D eigenvalue weighted by Gasteiger charge is -2.10. The number of halogens is 3. The molecule has 0 radical (unpaired) electrons. The number of nitrogens with zero attached hydrogens (tertiary/aromatic N) is 4. The maximum atomic E-state index is 12.4. The first kappa shape index (κ1) is 13.1. The number of hydrogen-bond donors (Lipinski definition) is 1. The van der Waals surface area contributed by atoms with E-state index in [9.17, 15) is 13.2 Å². The van der Waals surface area contributed by atoms with E-state index in [1.165, 1.54) is 19.2 Å². The second kappa shape index (κ2) is 4.75. The number of rotatable bonds is 3. The molecular formula is C10H10F3N5O. The largest absolute Gasteiger partial charge is 0.497 e. The maximum absolute atomic E-state index is 12.4. The molecular weight excluding hydrogens is 263 g/mol. The number of anilines is 1. The standard InChI is InChI=1S/C10H10F3N5O/c1-19-6-2-3-8(14)7(4-6)9-15-16-17-18(9)5-10(11,12)13/h2-4H,5,14H2,1H3. The Hall–Kier alpha value is -2.32. The van der Waals surface area contributed by atoms with Crippen LogP contribution in [0, 0.1) is 0 Å². The molecule has 0 aliphatic carbocycles. The molecule has 0 spiro atoms. The third kappa shape index (κ3) is 2.92. The zero-order valence-corrected chi connectivity index (χ0v) is 9.85. The highest BCUT2D eigenvalue weighted by molar-refractivity contribution is 5.73. The molecule has 0 fully saturated rings. The summed E-state index contributed by atoms with van der Waals surface area (Å²) in [4.78, 5) is 0. The number of aromatic nitrogens is 4. The van der Waals surface area contributed by atoms with Gasteiger partial charge in [-0.2, -0.15) is 13.2 Å². The Labute approximate surface area is 106 Å². The third-order valence-electron chi connectivity index (χ3n) is 2.36. The normalized spacial score (nSPS) is 11.6. The summed E-state index contributed by atoms with van der Waals surface area (Å²) in [6, 6.07) is 4.59. The quantitative estimate of drug-likeness (QED) is 0.857. The summed E-state index contributed by atoms with van der Waals surface area (Å²) in [5.41, 5.74) is 6.27. The SMILES string of the molecule is COc1ccc(N)c(-c2nnnn2CC(F)(F)F)c1. The summed E-state index contributed by atoms with van der Waals surface area (Å²) >= 11 is 0. The van der Waals surface area contributed by atoms with Gasteiger partial charge in [0, 0.05) is 11.3 Å². The molecule has 0 saturated carbocycles. The van der Waals surface area contributed by atoms with Crippen molar-refractivity contribution in [2.75, 3.05) is 12.8 Å². The average molecular weight is 273 g/mol. The van der Waals surface area contributed by atoms with E-state index < -0.39 is 12.7 Å². The van der Waals surface area contributed by atoms with E-state index >= 15 is 0 Å². The van der Waals surface area contributed by atoms with Gasteiger partial charge in [0.1, 0.15) is 12.3 Å². The van der Waals surface area contributed by atoms with Gasteiger partial charge in [-0.1, -0.05) is 0 Å². The molecule has 2 aromatic rings. The second-order valence-corrected chi connectivity index (χ2v) is 3.73. The fourth-order valence-electron chi connectivity index (χ4n) is 1.53. The van der Waals surface area contributed by atoms with Crippen molar-refractivity contribution in [3.8, 4) is 17.1 Å². The molecule has 0 saturated heterocycles. The van der Waals surface area contributed by atoms with Crippen LogP contribution in [0.4, 0.5) is 18.9 Å². The molecule has 0 aliphatic heterocycles. The molecule has 9 heteroatoms. The van der Waals surface area contributed by atoms with Gasteiger partial charge < -0.3 is 10.5 Å². The van der Waals surface area contributed by atoms with Crippen LogP contribution < -0.4 is 10.5 Å². The molecule has 6 nitrogen and oxygen atoms in total. The molecule has 1 heterocycles. The molecule has 2 N–H and O–H groups in total. The van der Waals surface area contributed by atoms with Crippen molar-refractivity contribution >= 4 is 5.69 Å². The van der Waals surface area contributed by atoms with Gasteiger partial charge in [0.15, 0.2) is 5.82 Å². The van der Waals surface area contributed by atoms with Crippen molar-refractivity contribution in [3.63, 3.8) is 0 Å². The molecule has 0 amide bonds. The molecule has 19 heavy (non-hydrogen) atoms. The Morgan fingerprint density at radius 3 is 2.74 bits per heavy atom. The first-order valence-electron chi connectivity index (χ1n) is 5.17. The number of hydrogen-bond acceptors (Lipinski definition) is 5. The molecule has 0 unspecified atom stereocenters. The molecule has 102 valence electrons. The van der Waals surface area contributed by atoms with Gasteiger partial charge in [-0.15, -0.1) is 5.10 Å². The van der Waals surface area contributed by atoms with E-state index in [4.69, 9.17) is 10.5 Å². The highest BCUT2D eigenvalue weighted by Crippen LogP contribution is 2.29. The Balaban J connectivity index is 2.45. The van der Waals surface area contributed by atoms with Gasteiger partial charge in [-0.25, -0.2) is 4.68 Å². The van der Waals surface area contributed by atoms with E-state index in [0.29, 0.717) is 10.4 Å². The van der Waals surface area contributed by atoms with Crippen LogP contribution in [0.3, 0.4) is 0 Å². The minimum Gasteiger partial charge on any atom is -0.497 e. The maximum Gasteiger partial charge on any atom is 0.408 e. The van der Waals surface area contributed by atoms with Crippen molar-refractivity contribution in [1.82, 2.24) is 20.2 Å². The summed E-state index contributed by atoms with van der Waals surface area (Å²) in [6.45, 7) is -1.29. The van der Waals surface area contributed by atoms with Crippen molar-refractivity contribution in [2.45, 2.75) is 12.7 Å². The Morgan fingerprint density at radius 2 is 2.11 bits per heavy atom. The van der Waals surface area contributed by atoms with Crippen molar-refractivity contribution < 1.29 is 17.9 Å². The zero-order chi connectivity index (χ0) is 14.0. The van der Waals surface area contributed by atoms with Crippen LogP contribution in [-0.2, 0) is 6.54 Å². The van der Waals surface area contributed by atoms with E-state index in [0.717, 1.165) is 0 Å². The minimum atomic E-state index is -4.42. The van der Waals surface area contributed by atoms with Gasteiger partial charge in [-0.05, 0) is 28.6 Å². The summed E-state index contributed by atoms with van der Waals surface area (Å²) < 4.78 is 42.8. The smallest absolute Gasteiger partial charge is 0.408 e. The highest BCUT2D eigenvalue weighted by atomic mass is 19.4. The number of nitrogen functional groups attached to an aromatic ring is 1. The van der Waals surface area contributed by atoms with Gasteiger partial charge in [-0.3, -0.25) is 0 Å². The summed E-state index contributed by atoms with van der Waals surface area (Å²) in [7, 11) is 1.44. The zero-order valence-electron chi connectivity index (χ0n) is 9.85. The number of benzene rings is 1. The molecule has 0 atom stereocenters. The Bertz CT molecular complexity index is 581. The monoisotopic (exact) mass is 273 g/mol. The molecule has 1 aromatic carbocycles. The Kier molecular flexibility index (Phi) is 3.28. The average Bonchev–Trinajstić information content (AvgIpc) is 2.75. The molecule has 0 aliphatic rings. The fourth-order valence-corrected chi connectivity index (χ4v) is 1.53. The number of alkyl halides is 3. The summed E-state index contributed by atoms with van der Waals surface area (Å²) in [5.74, 6) is 0.388. The fraction of sp³-hybridized carbons (Fsp3) is 0.300. The predicted molar refractivity (Wildman–Crippen MR) is 60.3 cm³/mol. The van der Waals surface area contributed by atoms with E-state index in [1.54, 1.807) is 6.07 Å². The molecule has 0 bridgehead atoms. The number of methoxy groups -OCH3 is 1. The van der Waals surface area contributed by atoms with Gasteiger partial charge >= 0.3 is 6.18 Å². The van der Waals surface area contributed by atoms with Crippen LogP contribution in [0.1, 0.15) is 0 Å². The lowest BCUT2D eigenvalue weighted by atomic mass is 10.1. The van der Waals surface area contributed by atoms with Crippen LogP contribution in [-0.4, -0.2) is 33.5 Å². The van der Waals surface area contributed by atoms with Gasteiger partial charge in [0.2, 0.25) is 0 Å². The molecule has 2 rings (SSSR count). The van der Waals surface area contributed by atoms with E-state index in [2.05, 4.69) is 15.5 Å². The lowest BCUT2D eigenvalue weighted by molar-refractivity contribution is -0.142. The van der Waals surface area contributed by atoms with Crippen molar-refractivity contribution in [2.24, 2.45) is 0 Å². The number of nitrogens with two attached hydrogens (primary N) is 1. The van der Waals surface area contributed by atoms with E-state index in [1.807, 2.05) is 0 Å².